The van der Waals surface area contributed by atoms with Gasteiger partial charge in [0.25, 0.3) is 0 Å². The van der Waals surface area contributed by atoms with Crippen LogP contribution in [-0.2, 0) is 14.3 Å². The van der Waals surface area contributed by atoms with E-state index in [4.69, 9.17) is 21.7 Å². The number of carbonyl (C=O) groups is 1. The van der Waals surface area contributed by atoms with Gasteiger partial charge in [0.05, 0.1) is 6.61 Å². The number of ether oxygens (including phenoxy) is 2. The fourth-order valence-corrected chi connectivity index (χ4v) is 2.41. The van der Waals surface area contributed by atoms with Crippen molar-refractivity contribution in [1.29, 1.82) is 0 Å². The zero-order valence-electron chi connectivity index (χ0n) is 9.58. The third-order valence-corrected chi connectivity index (χ3v) is 4.18. The molecule has 0 bridgehead atoms. The first-order valence-electron chi connectivity index (χ1n) is 5.11. The first-order chi connectivity index (χ1) is 7.49. The Morgan fingerprint density at radius 1 is 1.75 bits per heavy atom. The molecule has 5 heteroatoms. The second kappa shape index (κ2) is 5.68. The minimum absolute atomic E-state index is 0.113. The topological polar surface area (TPSA) is 35.5 Å². The average molecular weight is 260 g/mol. The molecule has 1 aliphatic heterocycles. The SMILES string of the molecule is C=C(C)C(=O)OCC1(CC)COC(=S)SC1. The molecular weight excluding hydrogens is 244 g/mol. The molecule has 1 rings (SSSR count). The molecule has 1 unspecified atom stereocenters. The summed E-state index contributed by atoms with van der Waals surface area (Å²) in [6.07, 6.45) is 0.895. The van der Waals surface area contributed by atoms with Gasteiger partial charge in [0.15, 0.2) is 0 Å². The highest BCUT2D eigenvalue weighted by molar-refractivity contribution is 8.22. The van der Waals surface area contributed by atoms with E-state index in [9.17, 15) is 4.79 Å². The second-order valence-electron chi connectivity index (χ2n) is 4.04. The lowest BCUT2D eigenvalue weighted by atomic mass is 9.89. The second-order valence-corrected chi connectivity index (χ2v) is 5.61. The molecule has 90 valence electrons. The summed E-state index contributed by atoms with van der Waals surface area (Å²) in [5.41, 5.74) is 0.309. The summed E-state index contributed by atoms with van der Waals surface area (Å²) in [7, 11) is 0. The van der Waals surface area contributed by atoms with Gasteiger partial charge < -0.3 is 9.47 Å². The third kappa shape index (κ3) is 3.49. The zero-order valence-corrected chi connectivity index (χ0v) is 11.2. The van der Waals surface area contributed by atoms with Crippen LogP contribution in [0.15, 0.2) is 12.2 Å². The molecular formula is C11H16O3S2. The monoisotopic (exact) mass is 260 g/mol. The van der Waals surface area contributed by atoms with E-state index in [2.05, 4.69) is 13.5 Å². The Morgan fingerprint density at radius 2 is 2.44 bits per heavy atom. The van der Waals surface area contributed by atoms with Crippen molar-refractivity contribution < 1.29 is 14.3 Å². The molecule has 0 N–H and O–H groups in total. The van der Waals surface area contributed by atoms with Crippen molar-refractivity contribution in [3.05, 3.63) is 12.2 Å². The molecule has 0 aromatic rings. The van der Waals surface area contributed by atoms with Crippen LogP contribution in [-0.4, -0.2) is 29.3 Å². The van der Waals surface area contributed by atoms with Gasteiger partial charge in [-0.1, -0.05) is 25.3 Å². The summed E-state index contributed by atoms with van der Waals surface area (Å²) < 4.78 is 11.1. The van der Waals surface area contributed by atoms with Crippen LogP contribution in [0.2, 0.25) is 0 Å². The lowest BCUT2D eigenvalue weighted by Gasteiger charge is -2.35. The van der Waals surface area contributed by atoms with E-state index in [0.717, 1.165) is 12.2 Å². The summed E-state index contributed by atoms with van der Waals surface area (Å²) in [4.78, 5) is 11.3. The smallest absolute Gasteiger partial charge is 0.333 e. The van der Waals surface area contributed by atoms with Crippen molar-refractivity contribution in [1.82, 2.24) is 0 Å². The lowest BCUT2D eigenvalue weighted by molar-refractivity contribution is -0.142. The number of carbonyl (C=O) groups excluding carboxylic acids is 1. The van der Waals surface area contributed by atoms with Gasteiger partial charge in [-0.3, -0.25) is 0 Å². The van der Waals surface area contributed by atoms with Crippen LogP contribution >= 0.6 is 24.0 Å². The molecule has 0 aromatic carbocycles. The van der Waals surface area contributed by atoms with Crippen LogP contribution in [0.1, 0.15) is 20.3 Å². The zero-order chi connectivity index (χ0) is 12.2. The van der Waals surface area contributed by atoms with Crippen molar-refractivity contribution in [2.45, 2.75) is 20.3 Å². The van der Waals surface area contributed by atoms with Crippen molar-refractivity contribution in [3.63, 3.8) is 0 Å². The Morgan fingerprint density at radius 3 is 2.88 bits per heavy atom. The van der Waals surface area contributed by atoms with Crippen molar-refractivity contribution in [2.24, 2.45) is 5.41 Å². The summed E-state index contributed by atoms with van der Waals surface area (Å²) in [6.45, 7) is 8.14. The van der Waals surface area contributed by atoms with E-state index >= 15 is 0 Å². The summed E-state index contributed by atoms with van der Waals surface area (Å²) in [5, 5.41) is 0. The third-order valence-electron chi connectivity index (χ3n) is 2.60. The van der Waals surface area contributed by atoms with E-state index in [1.54, 1.807) is 6.92 Å². The van der Waals surface area contributed by atoms with E-state index in [0.29, 0.717) is 23.2 Å². The maximum Gasteiger partial charge on any atom is 0.333 e. The number of esters is 1. The molecule has 0 amide bonds. The summed E-state index contributed by atoms with van der Waals surface area (Å²) in [6, 6.07) is 0. The number of thiocarbonyl (C=S) groups is 1. The molecule has 1 saturated heterocycles. The first kappa shape index (κ1) is 13.5. The number of thioether (sulfide) groups is 1. The minimum Gasteiger partial charge on any atom is -0.478 e. The Balaban J connectivity index is 2.51. The van der Waals surface area contributed by atoms with Crippen LogP contribution in [0.25, 0.3) is 0 Å². The molecule has 0 aromatic heterocycles. The van der Waals surface area contributed by atoms with Gasteiger partial charge in [0.1, 0.15) is 6.61 Å². The van der Waals surface area contributed by atoms with Gasteiger partial charge in [-0.25, -0.2) is 4.79 Å². The largest absolute Gasteiger partial charge is 0.478 e. The Labute approximate surface area is 106 Å². The number of hydrogen-bond acceptors (Lipinski definition) is 5. The van der Waals surface area contributed by atoms with Crippen LogP contribution in [0.5, 0.6) is 0 Å². The van der Waals surface area contributed by atoms with Gasteiger partial charge in [0.2, 0.25) is 4.38 Å². The molecule has 0 saturated carbocycles. The molecule has 1 atom stereocenters. The molecule has 1 fully saturated rings. The van der Waals surface area contributed by atoms with Gasteiger partial charge in [-0.05, 0) is 25.6 Å². The molecule has 1 aliphatic rings. The van der Waals surface area contributed by atoms with Crippen LogP contribution in [0, 0.1) is 5.41 Å². The van der Waals surface area contributed by atoms with Gasteiger partial charge >= 0.3 is 5.97 Å². The van der Waals surface area contributed by atoms with E-state index in [-0.39, 0.29) is 11.4 Å². The van der Waals surface area contributed by atoms with E-state index < -0.39 is 0 Å². The number of hydrogen-bond donors (Lipinski definition) is 0. The van der Waals surface area contributed by atoms with E-state index in [1.807, 2.05) is 0 Å². The van der Waals surface area contributed by atoms with E-state index in [1.165, 1.54) is 11.8 Å². The van der Waals surface area contributed by atoms with Gasteiger partial charge in [-0.15, -0.1) is 0 Å². The van der Waals surface area contributed by atoms with Crippen LogP contribution in [0.3, 0.4) is 0 Å². The van der Waals surface area contributed by atoms with Crippen LogP contribution in [0.4, 0.5) is 0 Å². The molecule has 16 heavy (non-hydrogen) atoms. The standard InChI is InChI=1S/C11H16O3S2/c1-4-11(5-13-9(12)8(2)3)6-14-10(15)16-7-11/h2,4-7H2,1,3H3. The number of rotatable bonds is 4. The highest BCUT2D eigenvalue weighted by Gasteiger charge is 2.35. The fraction of sp³-hybridized carbons (Fsp3) is 0.636. The van der Waals surface area contributed by atoms with Gasteiger partial charge in [0, 0.05) is 16.7 Å². The molecule has 0 spiro atoms. The Hall–Kier alpha value is -0.550. The highest BCUT2D eigenvalue weighted by Crippen LogP contribution is 2.33. The predicted molar refractivity (Wildman–Crippen MR) is 69.5 cm³/mol. The lowest BCUT2D eigenvalue weighted by Crippen LogP contribution is -2.39. The van der Waals surface area contributed by atoms with Crippen LogP contribution < -0.4 is 0 Å². The van der Waals surface area contributed by atoms with Crippen molar-refractivity contribution >= 4 is 34.3 Å². The minimum atomic E-state index is -0.342. The predicted octanol–water partition coefficient (Wildman–Crippen LogP) is 2.55. The summed E-state index contributed by atoms with van der Waals surface area (Å²) >= 11 is 6.46. The highest BCUT2D eigenvalue weighted by atomic mass is 32.2. The molecule has 3 nitrogen and oxygen atoms in total. The van der Waals surface area contributed by atoms with Crippen molar-refractivity contribution in [2.75, 3.05) is 19.0 Å². The quantitative estimate of drug-likeness (QED) is 0.441. The van der Waals surface area contributed by atoms with Gasteiger partial charge in [-0.2, -0.15) is 0 Å². The molecule has 1 heterocycles. The summed E-state index contributed by atoms with van der Waals surface area (Å²) in [5.74, 6) is 0.497. The van der Waals surface area contributed by atoms with Crippen molar-refractivity contribution in [3.8, 4) is 0 Å². The molecule has 0 aliphatic carbocycles. The Kier molecular flexibility index (Phi) is 4.80. The average Bonchev–Trinajstić information content (AvgIpc) is 2.28. The molecule has 0 radical (unpaired) electrons. The normalized spacial score (nSPS) is 24.8. The Bertz CT molecular complexity index is 302. The first-order valence-corrected chi connectivity index (χ1v) is 6.51. The maximum absolute atomic E-state index is 11.3. The fourth-order valence-electron chi connectivity index (χ4n) is 1.24. The maximum atomic E-state index is 11.3.